The van der Waals surface area contributed by atoms with Crippen LogP contribution in [0.15, 0.2) is 41.5 Å². The normalized spacial score (nSPS) is 11.8. The Morgan fingerprint density at radius 2 is 2.11 bits per heavy atom. The maximum atomic E-state index is 10.9. The van der Waals surface area contributed by atoms with E-state index in [9.17, 15) is 9.59 Å². The van der Waals surface area contributed by atoms with Crippen molar-refractivity contribution in [1.82, 2.24) is 5.43 Å². The summed E-state index contributed by atoms with van der Waals surface area (Å²) in [4.78, 5) is 21.2. The Kier molecular flexibility index (Phi) is 5.81. The van der Waals surface area contributed by atoms with E-state index in [2.05, 4.69) is 10.5 Å². The van der Waals surface area contributed by atoms with Crippen LogP contribution in [0.1, 0.15) is 12.0 Å². The molecule has 0 bridgehead atoms. The second-order valence-corrected chi connectivity index (χ2v) is 3.52. The number of benzene rings is 1. The largest absolute Gasteiger partial charge is 0.480 e. The third-order valence-electron chi connectivity index (χ3n) is 2.23. The van der Waals surface area contributed by atoms with Gasteiger partial charge in [0.05, 0.1) is 7.11 Å². The Morgan fingerprint density at radius 3 is 2.63 bits per heavy atom. The number of methoxy groups -OCH3 is 1. The van der Waals surface area contributed by atoms with Gasteiger partial charge in [0.15, 0.2) is 0 Å². The molecular weight excluding hydrogens is 246 g/mol. The molecular formula is C13H15N3O3. The summed E-state index contributed by atoms with van der Waals surface area (Å²) in [6.45, 7) is 0. The summed E-state index contributed by atoms with van der Waals surface area (Å²) < 4.78 is 5.11. The summed E-state index contributed by atoms with van der Waals surface area (Å²) in [6, 6.07) is 9.22. The van der Waals surface area contributed by atoms with Crippen LogP contribution in [0.2, 0.25) is 0 Å². The fourth-order valence-electron chi connectivity index (χ4n) is 1.45. The van der Waals surface area contributed by atoms with Crippen molar-refractivity contribution in [1.29, 1.82) is 0 Å². The van der Waals surface area contributed by atoms with Gasteiger partial charge in [-0.3, -0.25) is 9.59 Å². The van der Waals surface area contributed by atoms with Gasteiger partial charge in [0.2, 0.25) is 18.2 Å². The predicted molar refractivity (Wildman–Crippen MR) is 71.9 cm³/mol. The van der Waals surface area contributed by atoms with E-state index in [1.165, 1.54) is 7.11 Å². The van der Waals surface area contributed by atoms with Gasteiger partial charge in [-0.15, -0.1) is 5.10 Å². The maximum absolute atomic E-state index is 10.9. The van der Waals surface area contributed by atoms with Crippen molar-refractivity contribution in [2.45, 2.75) is 6.42 Å². The molecule has 19 heavy (non-hydrogen) atoms. The first kappa shape index (κ1) is 14.4. The topological polar surface area (TPSA) is 93.8 Å². The summed E-state index contributed by atoms with van der Waals surface area (Å²) in [5.74, 6) is -0.271. The molecule has 0 spiro atoms. The van der Waals surface area contributed by atoms with Crippen LogP contribution in [0, 0.1) is 0 Å². The first-order valence-electron chi connectivity index (χ1n) is 5.54. The molecule has 1 aromatic rings. The quantitative estimate of drug-likeness (QED) is 0.341. The van der Waals surface area contributed by atoms with Crippen LogP contribution < -0.4 is 11.2 Å². The summed E-state index contributed by atoms with van der Waals surface area (Å²) in [5.41, 5.74) is 8.67. The second kappa shape index (κ2) is 7.65. The second-order valence-electron chi connectivity index (χ2n) is 3.52. The number of nitrogens with two attached hydrogens (primary N) is 1. The van der Waals surface area contributed by atoms with Crippen LogP contribution in [-0.2, 0) is 14.3 Å². The zero-order chi connectivity index (χ0) is 14.1. The van der Waals surface area contributed by atoms with E-state index in [-0.39, 0.29) is 12.3 Å². The van der Waals surface area contributed by atoms with Gasteiger partial charge in [0, 0.05) is 12.0 Å². The average molecular weight is 261 g/mol. The molecule has 0 heterocycles. The molecule has 0 atom stereocenters. The van der Waals surface area contributed by atoms with E-state index in [1.807, 2.05) is 30.3 Å². The molecule has 1 aromatic carbocycles. The molecule has 0 aliphatic heterocycles. The van der Waals surface area contributed by atoms with Crippen molar-refractivity contribution in [3.8, 4) is 0 Å². The highest BCUT2D eigenvalue weighted by molar-refractivity contribution is 6.19. The number of ether oxygens (including phenoxy) is 1. The van der Waals surface area contributed by atoms with Crippen molar-refractivity contribution in [2.24, 2.45) is 10.8 Å². The number of hydrazone groups is 1. The van der Waals surface area contributed by atoms with E-state index in [1.54, 1.807) is 6.08 Å². The molecule has 6 nitrogen and oxygen atoms in total. The van der Waals surface area contributed by atoms with Gasteiger partial charge in [-0.2, -0.15) is 0 Å². The Labute approximate surface area is 110 Å². The lowest BCUT2D eigenvalue weighted by molar-refractivity contribution is -0.117. The monoisotopic (exact) mass is 261 g/mol. The third kappa shape index (κ3) is 4.63. The van der Waals surface area contributed by atoms with Crippen molar-refractivity contribution >= 4 is 23.8 Å². The number of hydrogen-bond donors (Lipinski definition) is 2. The highest BCUT2D eigenvalue weighted by atomic mass is 16.5. The first-order chi connectivity index (χ1) is 9.19. The Bertz CT molecular complexity index is 495. The minimum Gasteiger partial charge on any atom is -0.480 e. The van der Waals surface area contributed by atoms with Crippen molar-refractivity contribution in [2.75, 3.05) is 7.11 Å². The molecule has 0 saturated carbocycles. The zero-order valence-electron chi connectivity index (χ0n) is 10.5. The van der Waals surface area contributed by atoms with Gasteiger partial charge < -0.3 is 10.5 Å². The molecule has 0 saturated heterocycles. The molecule has 0 aliphatic carbocycles. The van der Waals surface area contributed by atoms with E-state index >= 15 is 0 Å². The molecule has 0 fully saturated rings. The molecule has 0 radical (unpaired) electrons. The van der Waals surface area contributed by atoms with Gasteiger partial charge in [0.1, 0.15) is 0 Å². The van der Waals surface area contributed by atoms with E-state index in [0.29, 0.717) is 12.0 Å². The maximum Gasteiger partial charge on any atom is 0.238 e. The van der Waals surface area contributed by atoms with Crippen LogP contribution in [0.5, 0.6) is 0 Å². The van der Waals surface area contributed by atoms with Gasteiger partial charge in [0.25, 0.3) is 0 Å². The Hall–Kier alpha value is -2.63. The number of nitrogens with one attached hydrogen (secondary N) is 1. The van der Waals surface area contributed by atoms with Crippen LogP contribution in [-0.4, -0.2) is 25.3 Å². The predicted octanol–water partition coefficient (Wildman–Crippen LogP) is 0.651. The van der Waals surface area contributed by atoms with Crippen LogP contribution >= 0.6 is 0 Å². The SMILES string of the molecule is COC(=N/NC=O)/C(=C\CC(N)=O)c1ccccc1. The van der Waals surface area contributed by atoms with Crippen molar-refractivity contribution in [3.63, 3.8) is 0 Å². The van der Waals surface area contributed by atoms with Gasteiger partial charge >= 0.3 is 0 Å². The summed E-state index contributed by atoms with van der Waals surface area (Å²) in [7, 11) is 1.42. The average Bonchev–Trinajstić information content (AvgIpc) is 2.43. The van der Waals surface area contributed by atoms with Gasteiger partial charge in [-0.25, -0.2) is 5.43 Å². The Balaban J connectivity index is 3.14. The summed E-state index contributed by atoms with van der Waals surface area (Å²) in [5, 5.41) is 3.77. The number of nitrogens with zero attached hydrogens (tertiary/aromatic N) is 1. The molecule has 100 valence electrons. The van der Waals surface area contributed by atoms with E-state index in [4.69, 9.17) is 10.5 Å². The number of hydrogen-bond acceptors (Lipinski definition) is 4. The van der Waals surface area contributed by atoms with E-state index < -0.39 is 5.91 Å². The van der Waals surface area contributed by atoms with Crippen LogP contribution in [0.25, 0.3) is 5.57 Å². The lowest BCUT2D eigenvalue weighted by atomic mass is 10.0. The fourth-order valence-corrected chi connectivity index (χ4v) is 1.45. The van der Waals surface area contributed by atoms with Gasteiger partial charge in [-0.05, 0) is 5.56 Å². The number of carbonyl (C=O) groups is 2. The molecule has 1 rings (SSSR count). The smallest absolute Gasteiger partial charge is 0.238 e. The summed E-state index contributed by atoms with van der Waals surface area (Å²) >= 11 is 0. The van der Waals surface area contributed by atoms with Crippen LogP contribution in [0.4, 0.5) is 0 Å². The third-order valence-corrected chi connectivity index (χ3v) is 2.23. The lowest BCUT2D eigenvalue weighted by Gasteiger charge is -2.09. The number of rotatable bonds is 6. The van der Waals surface area contributed by atoms with Crippen molar-refractivity contribution < 1.29 is 14.3 Å². The zero-order valence-corrected chi connectivity index (χ0v) is 10.5. The number of amides is 2. The minimum atomic E-state index is -0.466. The highest BCUT2D eigenvalue weighted by Gasteiger charge is 2.10. The molecule has 0 aromatic heterocycles. The van der Waals surface area contributed by atoms with Gasteiger partial charge in [-0.1, -0.05) is 36.4 Å². The Morgan fingerprint density at radius 1 is 1.42 bits per heavy atom. The lowest BCUT2D eigenvalue weighted by Crippen LogP contribution is -2.14. The van der Waals surface area contributed by atoms with Crippen LogP contribution in [0.3, 0.4) is 0 Å². The molecule has 3 N–H and O–H groups in total. The molecule has 0 aliphatic rings. The standard InChI is InChI=1S/C13H15N3O3/c1-19-13(16-15-9-17)11(7-8-12(14)18)10-5-3-2-4-6-10/h2-7,9H,8H2,1H3,(H2,14,18)(H,15,17)/b11-7-,16-13+. The summed E-state index contributed by atoms with van der Waals surface area (Å²) in [6.07, 6.45) is 2.08. The minimum absolute atomic E-state index is 0.0493. The highest BCUT2D eigenvalue weighted by Crippen LogP contribution is 2.17. The molecule has 6 heteroatoms. The number of carbonyl (C=O) groups excluding carboxylic acids is 2. The number of primary amides is 1. The first-order valence-corrected chi connectivity index (χ1v) is 5.54. The molecule has 0 unspecified atom stereocenters. The fraction of sp³-hybridized carbons (Fsp3) is 0.154. The van der Waals surface area contributed by atoms with E-state index in [0.717, 1.165) is 5.56 Å². The van der Waals surface area contributed by atoms with Crippen molar-refractivity contribution in [3.05, 3.63) is 42.0 Å². The molecule has 2 amide bonds.